The van der Waals surface area contributed by atoms with Crippen molar-refractivity contribution in [2.24, 2.45) is 0 Å². The molecule has 0 saturated heterocycles. The summed E-state index contributed by atoms with van der Waals surface area (Å²) in [5, 5.41) is 21.5. The lowest BCUT2D eigenvalue weighted by molar-refractivity contribution is 1.69. The van der Waals surface area contributed by atoms with Gasteiger partial charge in [0, 0.05) is 0 Å². The van der Waals surface area contributed by atoms with Gasteiger partial charge < -0.3 is 0 Å². The number of fused-ring (bicyclic) bond motifs is 10. The number of rotatable bonds is 1. The molecule has 0 saturated carbocycles. The van der Waals surface area contributed by atoms with Gasteiger partial charge >= 0.3 is 0 Å². The minimum Gasteiger partial charge on any atom is -0.0622 e. The molecule has 0 aliphatic rings. The van der Waals surface area contributed by atoms with E-state index in [9.17, 15) is 0 Å². The lowest BCUT2D eigenvalue weighted by Crippen LogP contribution is -1.86. The third-order valence-corrected chi connectivity index (χ3v) is 9.29. The van der Waals surface area contributed by atoms with Gasteiger partial charge in [-0.25, -0.2) is 0 Å². The van der Waals surface area contributed by atoms with Crippen LogP contribution in [0.5, 0.6) is 0 Å². The molecule has 0 amide bonds. The molecule has 0 heterocycles. The van der Waals surface area contributed by atoms with E-state index in [2.05, 4.69) is 133 Å². The molecule has 0 N–H and O–H groups in total. The van der Waals surface area contributed by atoms with Crippen molar-refractivity contribution in [2.75, 3.05) is 0 Å². The van der Waals surface area contributed by atoms with Gasteiger partial charge in [-0.15, -0.1) is 0 Å². The third kappa shape index (κ3) is 2.43. The molecule has 0 nitrogen and oxygen atoms in total. The van der Waals surface area contributed by atoms with Crippen LogP contribution in [-0.2, 0) is 0 Å². The summed E-state index contributed by atoms with van der Waals surface area (Å²) < 4.78 is 0. The van der Waals surface area contributed by atoms with Crippen molar-refractivity contribution in [1.82, 2.24) is 0 Å². The Morgan fingerprint density at radius 1 is 0.250 bits per heavy atom. The molecule has 182 valence electrons. The van der Waals surface area contributed by atoms with E-state index in [1.165, 1.54) is 97.3 Å². The largest absolute Gasteiger partial charge is 0.0622 e. The zero-order chi connectivity index (χ0) is 25.9. The zero-order valence-electron chi connectivity index (χ0n) is 21.7. The SMILES string of the molecule is c1ccc(-c2c3cc4c5ccccc5c5cccc(c3cc3c6cc7ccccc7c7cccc(c23)c76)c54)cc1. The topological polar surface area (TPSA) is 0 Å². The molecular formula is C40H22. The molecule has 40 heavy (non-hydrogen) atoms. The molecule has 10 aromatic carbocycles. The van der Waals surface area contributed by atoms with Crippen molar-refractivity contribution in [2.45, 2.75) is 0 Å². The predicted molar refractivity (Wildman–Crippen MR) is 174 cm³/mol. The number of hydrogen-bond acceptors (Lipinski definition) is 0. The maximum Gasteiger partial charge on any atom is -0.00137 e. The molecular weight excluding hydrogens is 480 g/mol. The Labute approximate surface area is 230 Å². The molecule has 10 aromatic rings. The Hall–Kier alpha value is -5.20. The average molecular weight is 503 g/mol. The summed E-state index contributed by atoms with van der Waals surface area (Å²) >= 11 is 0. The standard InChI is InChI=1S/C40H22/c1-2-10-23(11-3-1)37-35-22-34-27-15-7-6-14-26(27)29-17-8-18-30(38(29)34)32(35)21-36-33-20-24-12-4-5-13-25(24)28-16-9-19-31(39(28)33)40(36)37/h1-22H. The van der Waals surface area contributed by atoms with Crippen molar-refractivity contribution < 1.29 is 0 Å². The fourth-order valence-corrected chi connectivity index (χ4v) is 7.72. The second kappa shape index (κ2) is 7.25. The van der Waals surface area contributed by atoms with Crippen LogP contribution in [0.4, 0.5) is 0 Å². The van der Waals surface area contributed by atoms with Gasteiger partial charge in [-0.2, -0.15) is 0 Å². The highest BCUT2D eigenvalue weighted by molar-refractivity contribution is 6.42. The van der Waals surface area contributed by atoms with Crippen LogP contribution in [-0.4, -0.2) is 0 Å². The highest BCUT2D eigenvalue weighted by Gasteiger charge is 2.22. The van der Waals surface area contributed by atoms with Gasteiger partial charge in [-0.05, 0) is 116 Å². The van der Waals surface area contributed by atoms with E-state index in [1.54, 1.807) is 0 Å². The fraction of sp³-hybridized carbons (Fsp3) is 0. The van der Waals surface area contributed by atoms with Gasteiger partial charge in [0.05, 0.1) is 0 Å². The Morgan fingerprint density at radius 2 is 0.750 bits per heavy atom. The van der Waals surface area contributed by atoms with Gasteiger partial charge in [-0.1, -0.05) is 115 Å². The van der Waals surface area contributed by atoms with Gasteiger partial charge in [0.2, 0.25) is 0 Å². The molecule has 0 heteroatoms. The highest BCUT2D eigenvalue weighted by atomic mass is 14.2. The van der Waals surface area contributed by atoms with E-state index >= 15 is 0 Å². The molecule has 0 atom stereocenters. The lowest BCUT2D eigenvalue weighted by atomic mass is 9.89. The molecule has 0 radical (unpaired) electrons. The van der Waals surface area contributed by atoms with Gasteiger partial charge in [0.25, 0.3) is 0 Å². The van der Waals surface area contributed by atoms with Crippen LogP contribution in [0, 0.1) is 0 Å². The first-order valence-electron chi connectivity index (χ1n) is 14.0. The first-order chi connectivity index (χ1) is 19.9. The van der Waals surface area contributed by atoms with E-state index in [-0.39, 0.29) is 0 Å². The zero-order valence-corrected chi connectivity index (χ0v) is 21.7. The van der Waals surface area contributed by atoms with Crippen molar-refractivity contribution in [3.63, 3.8) is 0 Å². The van der Waals surface area contributed by atoms with Gasteiger partial charge in [0.15, 0.2) is 0 Å². The Bertz CT molecular complexity index is 2620. The van der Waals surface area contributed by atoms with E-state index in [0.717, 1.165) is 0 Å². The average Bonchev–Trinajstić information content (AvgIpc) is 3.51. The van der Waals surface area contributed by atoms with Gasteiger partial charge in [-0.3, -0.25) is 0 Å². The van der Waals surface area contributed by atoms with Crippen molar-refractivity contribution in [3.05, 3.63) is 133 Å². The van der Waals surface area contributed by atoms with Crippen LogP contribution in [0.15, 0.2) is 133 Å². The maximum atomic E-state index is 2.49. The quantitative estimate of drug-likeness (QED) is 0.196. The Balaban J connectivity index is 1.55. The smallest absolute Gasteiger partial charge is 0.00137 e. The highest BCUT2D eigenvalue weighted by Crippen LogP contribution is 2.50. The first-order valence-corrected chi connectivity index (χ1v) is 14.0. The maximum absolute atomic E-state index is 2.49. The van der Waals surface area contributed by atoms with Crippen molar-refractivity contribution >= 4 is 86.2 Å². The van der Waals surface area contributed by atoms with E-state index < -0.39 is 0 Å². The summed E-state index contributed by atoms with van der Waals surface area (Å²) in [6, 6.07) is 49.9. The third-order valence-electron chi connectivity index (χ3n) is 9.29. The second-order valence-corrected chi connectivity index (χ2v) is 11.2. The van der Waals surface area contributed by atoms with Gasteiger partial charge in [0.1, 0.15) is 0 Å². The molecule has 10 rings (SSSR count). The molecule has 0 fully saturated rings. The number of benzene rings is 8. The van der Waals surface area contributed by atoms with Crippen LogP contribution < -0.4 is 0 Å². The Kier molecular flexibility index (Phi) is 3.76. The molecule has 0 aromatic heterocycles. The molecule has 0 spiro atoms. The van der Waals surface area contributed by atoms with E-state index in [0.29, 0.717) is 0 Å². The second-order valence-electron chi connectivity index (χ2n) is 11.2. The van der Waals surface area contributed by atoms with Crippen LogP contribution in [0.25, 0.3) is 97.3 Å². The fourth-order valence-electron chi connectivity index (χ4n) is 7.72. The monoisotopic (exact) mass is 502 g/mol. The van der Waals surface area contributed by atoms with Crippen LogP contribution in [0.1, 0.15) is 0 Å². The molecule has 0 unspecified atom stereocenters. The molecule has 0 aliphatic carbocycles. The minimum atomic E-state index is 1.27. The normalized spacial score (nSPS) is 12.5. The summed E-state index contributed by atoms with van der Waals surface area (Å²) in [5.41, 5.74) is 2.61. The van der Waals surface area contributed by atoms with Crippen molar-refractivity contribution in [1.29, 1.82) is 0 Å². The Morgan fingerprint density at radius 3 is 1.55 bits per heavy atom. The number of hydrogen-bond donors (Lipinski definition) is 0. The molecule has 0 aliphatic heterocycles. The first kappa shape index (κ1) is 20.7. The summed E-state index contributed by atoms with van der Waals surface area (Å²) in [4.78, 5) is 0. The van der Waals surface area contributed by atoms with Crippen LogP contribution >= 0.6 is 0 Å². The van der Waals surface area contributed by atoms with Crippen LogP contribution in [0.2, 0.25) is 0 Å². The summed E-state index contributed by atoms with van der Waals surface area (Å²) in [5.74, 6) is 0. The predicted octanol–water partition coefficient (Wildman–Crippen LogP) is 11.5. The summed E-state index contributed by atoms with van der Waals surface area (Å²) in [7, 11) is 0. The van der Waals surface area contributed by atoms with E-state index in [1.807, 2.05) is 0 Å². The summed E-state index contributed by atoms with van der Waals surface area (Å²) in [6.45, 7) is 0. The van der Waals surface area contributed by atoms with Crippen LogP contribution in [0.3, 0.4) is 0 Å². The van der Waals surface area contributed by atoms with E-state index in [4.69, 9.17) is 0 Å². The molecule has 0 bridgehead atoms. The lowest BCUT2D eigenvalue weighted by Gasteiger charge is -2.14. The van der Waals surface area contributed by atoms with Crippen molar-refractivity contribution in [3.8, 4) is 11.1 Å². The summed E-state index contributed by atoms with van der Waals surface area (Å²) in [6.07, 6.45) is 0. The minimum absolute atomic E-state index is 1.27.